The molecule has 0 radical (unpaired) electrons. The molecule has 118 valence electrons. The molecule has 2 rings (SSSR count). The molecular formula is C16H20N2O4. The van der Waals surface area contributed by atoms with E-state index in [1.54, 1.807) is 36.2 Å². The van der Waals surface area contributed by atoms with E-state index in [-0.39, 0.29) is 6.03 Å². The smallest absolute Gasteiger partial charge is 0.342 e. The summed E-state index contributed by atoms with van der Waals surface area (Å²) in [4.78, 5) is 27.2. The summed E-state index contributed by atoms with van der Waals surface area (Å²) in [5, 5.41) is 0. The van der Waals surface area contributed by atoms with Gasteiger partial charge in [-0.25, -0.2) is 14.5 Å². The summed E-state index contributed by atoms with van der Waals surface area (Å²) in [6.45, 7) is 2.70. The third-order valence-corrected chi connectivity index (χ3v) is 3.26. The van der Waals surface area contributed by atoms with Crippen LogP contribution < -0.4 is 0 Å². The molecule has 1 aliphatic heterocycles. The molecule has 22 heavy (non-hydrogen) atoms. The molecule has 1 heterocycles. The average molecular weight is 304 g/mol. The van der Waals surface area contributed by atoms with Gasteiger partial charge in [0.25, 0.3) is 0 Å². The van der Waals surface area contributed by atoms with E-state index >= 15 is 0 Å². The van der Waals surface area contributed by atoms with Crippen LogP contribution in [0, 0.1) is 0 Å². The Morgan fingerprint density at radius 2 is 2.05 bits per heavy atom. The highest BCUT2D eigenvalue weighted by atomic mass is 16.7. The summed E-state index contributed by atoms with van der Waals surface area (Å²) < 4.78 is 10.4. The first-order chi connectivity index (χ1) is 10.6. The van der Waals surface area contributed by atoms with E-state index in [0.717, 1.165) is 12.8 Å². The lowest BCUT2D eigenvalue weighted by Gasteiger charge is -2.26. The number of urea groups is 1. The molecule has 1 aromatic carbocycles. The Morgan fingerprint density at radius 3 is 2.73 bits per heavy atom. The lowest BCUT2D eigenvalue weighted by molar-refractivity contribution is -0.115. The van der Waals surface area contributed by atoms with Gasteiger partial charge in [-0.15, -0.1) is 0 Å². The summed E-state index contributed by atoms with van der Waals surface area (Å²) in [6, 6.07) is 8.31. The van der Waals surface area contributed by atoms with Crippen LogP contribution in [0.15, 0.2) is 42.8 Å². The Hall–Kier alpha value is -2.50. The maximum absolute atomic E-state index is 12.3. The first-order valence-corrected chi connectivity index (χ1v) is 7.25. The molecule has 0 spiro atoms. The molecule has 2 amide bonds. The predicted octanol–water partition coefficient (Wildman–Crippen LogP) is 2.78. The van der Waals surface area contributed by atoms with Gasteiger partial charge in [0.2, 0.25) is 0 Å². The van der Waals surface area contributed by atoms with Gasteiger partial charge in [0, 0.05) is 13.6 Å². The maximum atomic E-state index is 12.3. The van der Waals surface area contributed by atoms with Crippen molar-refractivity contribution in [3.8, 4) is 0 Å². The summed E-state index contributed by atoms with van der Waals surface area (Å²) in [5.74, 6) is -0.539. The zero-order valence-corrected chi connectivity index (χ0v) is 12.8. The zero-order chi connectivity index (χ0) is 15.9. The number of carbonyl (C=O) groups is 2. The van der Waals surface area contributed by atoms with Gasteiger partial charge in [0.15, 0.2) is 0 Å². The van der Waals surface area contributed by atoms with Crippen LogP contribution in [0.1, 0.15) is 30.1 Å². The van der Waals surface area contributed by atoms with E-state index < -0.39 is 12.4 Å². The maximum Gasteiger partial charge on any atom is 0.342 e. The lowest BCUT2D eigenvalue weighted by Crippen LogP contribution is -2.44. The van der Waals surface area contributed by atoms with Gasteiger partial charge in [0.05, 0.1) is 11.8 Å². The van der Waals surface area contributed by atoms with Crippen LogP contribution in [0.3, 0.4) is 0 Å². The molecule has 1 unspecified atom stereocenters. The van der Waals surface area contributed by atoms with Crippen molar-refractivity contribution in [1.82, 2.24) is 9.80 Å². The highest BCUT2D eigenvalue weighted by Gasteiger charge is 2.32. The van der Waals surface area contributed by atoms with Crippen LogP contribution in [0.2, 0.25) is 0 Å². The Kier molecular flexibility index (Phi) is 5.41. The predicted molar refractivity (Wildman–Crippen MR) is 80.6 cm³/mol. The molecule has 1 atom stereocenters. The summed E-state index contributed by atoms with van der Waals surface area (Å²) in [5.41, 5.74) is 0.407. The minimum Gasteiger partial charge on any atom is -0.443 e. The Morgan fingerprint density at radius 1 is 1.32 bits per heavy atom. The molecule has 0 fully saturated rings. The van der Waals surface area contributed by atoms with Crippen molar-refractivity contribution in [3.05, 3.63) is 48.4 Å². The number of hydrogen-bond donors (Lipinski definition) is 0. The second kappa shape index (κ2) is 7.49. The average Bonchev–Trinajstić information content (AvgIpc) is 3.00. The van der Waals surface area contributed by atoms with Crippen molar-refractivity contribution >= 4 is 12.0 Å². The van der Waals surface area contributed by atoms with Gasteiger partial charge in [-0.1, -0.05) is 31.5 Å². The number of benzene rings is 1. The summed E-state index contributed by atoms with van der Waals surface area (Å²) in [7, 11) is 1.71. The van der Waals surface area contributed by atoms with Crippen LogP contribution in [-0.4, -0.2) is 41.8 Å². The molecule has 0 aromatic heterocycles. The number of carbonyl (C=O) groups excluding carboxylic acids is 2. The number of ether oxygens (including phenoxy) is 2. The third kappa shape index (κ3) is 3.78. The fourth-order valence-electron chi connectivity index (χ4n) is 1.96. The van der Waals surface area contributed by atoms with Crippen molar-refractivity contribution in [2.45, 2.75) is 26.2 Å². The van der Waals surface area contributed by atoms with Gasteiger partial charge in [-0.05, 0) is 18.6 Å². The van der Waals surface area contributed by atoms with Gasteiger partial charge in [-0.3, -0.25) is 0 Å². The first-order valence-electron chi connectivity index (χ1n) is 7.25. The number of rotatable bonds is 5. The van der Waals surface area contributed by atoms with Crippen molar-refractivity contribution in [2.24, 2.45) is 0 Å². The minimum absolute atomic E-state index is 0.270. The van der Waals surface area contributed by atoms with Crippen LogP contribution in [-0.2, 0) is 9.47 Å². The molecule has 1 aromatic rings. The van der Waals surface area contributed by atoms with Gasteiger partial charge < -0.3 is 14.4 Å². The molecular weight excluding hydrogens is 284 g/mol. The van der Waals surface area contributed by atoms with E-state index in [4.69, 9.17) is 9.47 Å². The molecule has 0 saturated heterocycles. The number of unbranched alkanes of at least 4 members (excludes halogenated alkanes) is 1. The highest BCUT2D eigenvalue weighted by molar-refractivity contribution is 5.89. The topological polar surface area (TPSA) is 59.1 Å². The lowest BCUT2D eigenvalue weighted by atomic mass is 10.2. The number of esters is 1. The second-order valence-electron chi connectivity index (χ2n) is 4.96. The zero-order valence-electron chi connectivity index (χ0n) is 12.8. The van der Waals surface area contributed by atoms with E-state index in [1.165, 1.54) is 17.4 Å². The van der Waals surface area contributed by atoms with Gasteiger partial charge in [0.1, 0.15) is 6.26 Å². The molecule has 0 bridgehead atoms. The third-order valence-electron chi connectivity index (χ3n) is 3.26. The fourth-order valence-corrected chi connectivity index (χ4v) is 1.96. The molecule has 6 heteroatoms. The van der Waals surface area contributed by atoms with Gasteiger partial charge in [-0.2, -0.15) is 0 Å². The van der Waals surface area contributed by atoms with Crippen molar-refractivity contribution in [2.75, 3.05) is 13.6 Å². The second-order valence-corrected chi connectivity index (χ2v) is 4.96. The molecule has 1 aliphatic rings. The van der Waals surface area contributed by atoms with Crippen molar-refractivity contribution in [3.63, 3.8) is 0 Å². The largest absolute Gasteiger partial charge is 0.443 e. The van der Waals surface area contributed by atoms with Crippen LogP contribution in [0.5, 0.6) is 0 Å². The van der Waals surface area contributed by atoms with E-state index in [2.05, 4.69) is 6.92 Å². The van der Waals surface area contributed by atoms with Crippen LogP contribution in [0.4, 0.5) is 4.79 Å². The Labute approximate surface area is 129 Å². The first kappa shape index (κ1) is 15.9. The Bertz CT molecular complexity index is 544. The molecule has 6 nitrogen and oxygen atoms in total. The summed E-state index contributed by atoms with van der Waals surface area (Å²) in [6.07, 6.45) is 3.65. The number of nitrogens with zero attached hydrogens (tertiary/aromatic N) is 2. The van der Waals surface area contributed by atoms with Gasteiger partial charge >= 0.3 is 18.4 Å². The van der Waals surface area contributed by atoms with Crippen LogP contribution >= 0.6 is 0 Å². The van der Waals surface area contributed by atoms with Crippen molar-refractivity contribution < 1.29 is 19.1 Å². The molecule has 0 aliphatic carbocycles. The Balaban J connectivity index is 1.97. The number of hydrogen-bond acceptors (Lipinski definition) is 4. The highest BCUT2D eigenvalue weighted by Crippen LogP contribution is 2.17. The quantitative estimate of drug-likeness (QED) is 0.785. The monoisotopic (exact) mass is 304 g/mol. The minimum atomic E-state index is -1.07. The van der Waals surface area contributed by atoms with E-state index in [9.17, 15) is 9.59 Å². The standard InChI is InChI=1S/C16H20N2O4/c1-3-4-10-17(2)15(20)18-11-12-21-16(18)22-14(19)13-8-6-5-7-9-13/h5-9,11-12,16H,3-4,10H2,1-2H3. The summed E-state index contributed by atoms with van der Waals surface area (Å²) >= 11 is 0. The fraction of sp³-hybridized carbons (Fsp3) is 0.375. The molecule has 0 N–H and O–H groups in total. The molecule has 0 saturated carbocycles. The van der Waals surface area contributed by atoms with E-state index in [1.807, 2.05) is 6.07 Å². The normalized spacial score (nSPS) is 16.3. The SMILES string of the molecule is CCCCN(C)C(=O)N1C=COC1OC(=O)c1ccccc1. The van der Waals surface area contributed by atoms with Crippen LogP contribution in [0.25, 0.3) is 0 Å². The van der Waals surface area contributed by atoms with Crippen molar-refractivity contribution in [1.29, 1.82) is 0 Å². The van der Waals surface area contributed by atoms with E-state index in [0.29, 0.717) is 12.1 Å². The number of amides is 2.